The van der Waals surface area contributed by atoms with Crippen molar-refractivity contribution in [3.8, 4) is 0 Å². The number of hydrogen-bond acceptors (Lipinski definition) is 5. The van der Waals surface area contributed by atoms with Gasteiger partial charge in [-0.05, 0) is 75.3 Å². The number of benzene rings is 1. The molecular weight excluding hydrogens is 442 g/mol. The normalized spacial score (nSPS) is 20.5. The van der Waals surface area contributed by atoms with E-state index in [0.717, 1.165) is 38.8 Å². The molecule has 0 spiro atoms. The molecule has 0 unspecified atom stereocenters. The third-order valence-corrected chi connectivity index (χ3v) is 9.34. The highest BCUT2D eigenvalue weighted by atomic mass is 32.2. The van der Waals surface area contributed by atoms with Gasteiger partial charge in [-0.15, -0.1) is 11.3 Å². The van der Waals surface area contributed by atoms with Crippen LogP contribution in [0, 0.1) is 0 Å². The predicted octanol–water partition coefficient (Wildman–Crippen LogP) is 4.27. The van der Waals surface area contributed by atoms with Crippen LogP contribution in [0.5, 0.6) is 0 Å². The van der Waals surface area contributed by atoms with Crippen LogP contribution in [-0.4, -0.2) is 55.8 Å². The Morgan fingerprint density at radius 2 is 1.66 bits per heavy atom. The number of amides is 1. The Balaban J connectivity index is 1.50. The van der Waals surface area contributed by atoms with Crippen LogP contribution >= 0.6 is 11.3 Å². The Bertz CT molecular complexity index is 993. The number of thiophene rings is 1. The molecule has 2 aromatic rings. The van der Waals surface area contributed by atoms with Gasteiger partial charge >= 0.3 is 0 Å². The molecule has 0 radical (unpaired) electrons. The number of hydrogen-bond donors (Lipinski definition) is 1. The zero-order chi connectivity index (χ0) is 22.6. The van der Waals surface area contributed by atoms with Gasteiger partial charge in [0, 0.05) is 29.6 Å². The number of carbonyl (C=O) groups excluding carboxylic acids is 1. The summed E-state index contributed by atoms with van der Waals surface area (Å²) in [6, 6.07) is 10.7. The van der Waals surface area contributed by atoms with Gasteiger partial charge in [0.15, 0.2) is 0 Å². The Morgan fingerprint density at radius 1 is 0.969 bits per heavy atom. The van der Waals surface area contributed by atoms with Crippen molar-refractivity contribution < 1.29 is 13.2 Å². The molecule has 3 heterocycles. The molecule has 2 fully saturated rings. The first-order chi connectivity index (χ1) is 15.5. The highest BCUT2D eigenvalue weighted by Gasteiger charge is 2.31. The Kier molecular flexibility index (Phi) is 7.66. The Labute approximate surface area is 195 Å². The van der Waals surface area contributed by atoms with Crippen molar-refractivity contribution in [2.24, 2.45) is 0 Å². The third kappa shape index (κ3) is 5.25. The molecule has 0 bridgehead atoms. The van der Waals surface area contributed by atoms with Crippen LogP contribution in [-0.2, 0) is 10.0 Å². The summed E-state index contributed by atoms with van der Waals surface area (Å²) in [7, 11) is -3.59. The summed E-state index contributed by atoms with van der Waals surface area (Å²) in [5.74, 6) is -0.230. The summed E-state index contributed by atoms with van der Waals surface area (Å²) in [5, 5.41) is 5.22. The minimum atomic E-state index is -3.59. The topological polar surface area (TPSA) is 69.7 Å². The summed E-state index contributed by atoms with van der Waals surface area (Å²) >= 11 is 1.71. The van der Waals surface area contributed by atoms with Crippen LogP contribution in [0.25, 0.3) is 0 Å². The van der Waals surface area contributed by atoms with Gasteiger partial charge in [-0.1, -0.05) is 25.0 Å². The summed E-state index contributed by atoms with van der Waals surface area (Å²) in [6.07, 6.45) is 6.26. The van der Waals surface area contributed by atoms with Crippen molar-refractivity contribution in [1.82, 2.24) is 14.5 Å². The lowest BCUT2D eigenvalue weighted by Gasteiger charge is -2.32. The predicted molar refractivity (Wildman–Crippen MR) is 128 cm³/mol. The number of sulfonamides is 1. The zero-order valence-electron chi connectivity index (χ0n) is 18.7. The van der Waals surface area contributed by atoms with E-state index in [-0.39, 0.29) is 22.9 Å². The molecule has 32 heavy (non-hydrogen) atoms. The molecule has 0 aliphatic carbocycles. The first kappa shape index (κ1) is 23.4. The van der Waals surface area contributed by atoms with E-state index in [9.17, 15) is 13.2 Å². The summed E-state index contributed by atoms with van der Waals surface area (Å²) in [4.78, 5) is 17.0. The van der Waals surface area contributed by atoms with Crippen LogP contribution in [0.1, 0.15) is 66.7 Å². The van der Waals surface area contributed by atoms with Crippen LogP contribution in [0.3, 0.4) is 0 Å². The minimum absolute atomic E-state index is 0.0925. The van der Waals surface area contributed by atoms with E-state index in [2.05, 4.69) is 27.7 Å². The molecule has 2 aliphatic heterocycles. The van der Waals surface area contributed by atoms with E-state index in [4.69, 9.17) is 0 Å². The fourth-order valence-electron chi connectivity index (χ4n) is 4.82. The number of rotatable bonds is 7. The van der Waals surface area contributed by atoms with E-state index in [0.29, 0.717) is 18.7 Å². The van der Waals surface area contributed by atoms with Gasteiger partial charge in [-0.3, -0.25) is 9.69 Å². The summed E-state index contributed by atoms with van der Waals surface area (Å²) in [5.41, 5.74) is 0.388. The maximum Gasteiger partial charge on any atom is 0.251 e. The second-order valence-electron chi connectivity index (χ2n) is 8.81. The van der Waals surface area contributed by atoms with Crippen LogP contribution in [0.4, 0.5) is 0 Å². The number of nitrogens with one attached hydrogen (secondary N) is 1. The van der Waals surface area contributed by atoms with E-state index in [1.165, 1.54) is 23.8 Å². The van der Waals surface area contributed by atoms with Gasteiger partial charge in [0.05, 0.1) is 10.9 Å². The van der Waals surface area contributed by atoms with Gasteiger partial charge in [-0.2, -0.15) is 4.31 Å². The zero-order valence-corrected chi connectivity index (χ0v) is 20.3. The Hall–Kier alpha value is -1.74. The standard InChI is InChI=1S/C24H33N3O3S2/c1-19(23(22-12-9-17-31-22)26-13-6-7-14-26)25-24(28)20-10-8-11-21(18-20)32(29,30)27-15-4-2-3-5-16-27/h8-12,17-19,23H,2-7,13-16H2,1H3,(H,25,28)/t19-,23-/m0/s1. The van der Waals surface area contributed by atoms with Crippen molar-refractivity contribution in [2.45, 2.75) is 62.4 Å². The monoisotopic (exact) mass is 475 g/mol. The van der Waals surface area contributed by atoms with Gasteiger partial charge in [0.2, 0.25) is 10.0 Å². The van der Waals surface area contributed by atoms with Crippen LogP contribution < -0.4 is 5.32 Å². The molecular formula is C24H33N3O3S2. The maximum atomic E-state index is 13.2. The largest absolute Gasteiger partial charge is 0.348 e. The van der Waals surface area contributed by atoms with Crippen molar-refractivity contribution in [3.05, 3.63) is 52.2 Å². The lowest BCUT2D eigenvalue weighted by Crippen LogP contribution is -2.43. The maximum absolute atomic E-state index is 13.2. The van der Waals surface area contributed by atoms with Gasteiger partial charge < -0.3 is 5.32 Å². The molecule has 8 heteroatoms. The molecule has 174 valence electrons. The average molecular weight is 476 g/mol. The first-order valence-electron chi connectivity index (χ1n) is 11.7. The molecule has 2 saturated heterocycles. The fourth-order valence-corrected chi connectivity index (χ4v) is 7.35. The average Bonchev–Trinajstić information content (AvgIpc) is 3.44. The highest BCUT2D eigenvalue weighted by Crippen LogP contribution is 2.31. The number of likely N-dealkylation sites (tertiary alicyclic amines) is 1. The SMILES string of the molecule is C[C@H](NC(=O)c1cccc(S(=O)(=O)N2CCCCCC2)c1)[C@@H](c1cccs1)N1CCCC1. The van der Waals surface area contributed by atoms with Gasteiger partial charge in [-0.25, -0.2) is 8.42 Å². The molecule has 4 rings (SSSR count). The lowest BCUT2D eigenvalue weighted by atomic mass is 10.1. The smallest absolute Gasteiger partial charge is 0.251 e. The molecule has 0 saturated carbocycles. The Morgan fingerprint density at radius 3 is 2.31 bits per heavy atom. The van der Waals surface area contributed by atoms with Crippen molar-refractivity contribution in [3.63, 3.8) is 0 Å². The second kappa shape index (κ2) is 10.5. The van der Waals surface area contributed by atoms with Crippen molar-refractivity contribution in [2.75, 3.05) is 26.2 Å². The molecule has 1 N–H and O–H groups in total. The van der Waals surface area contributed by atoms with Crippen molar-refractivity contribution >= 4 is 27.3 Å². The van der Waals surface area contributed by atoms with Crippen LogP contribution in [0.15, 0.2) is 46.7 Å². The minimum Gasteiger partial charge on any atom is -0.348 e. The molecule has 6 nitrogen and oxygen atoms in total. The molecule has 1 aromatic carbocycles. The van der Waals surface area contributed by atoms with E-state index >= 15 is 0 Å². The van der Waals surface area contributed by atoms with E-state index in [1.54, 1.807) is 33.8 Å². The van der Waals surface area contributed by atoms with E-state index < -0.39 is 10.0 Å². The quantitative estimate of drug-likeness (QED) is 0.649. The summed E-state index contributed by atoms with van der Waals surface area (Å²) in [6.45, 7) is 5.21. The van der Waals surface area contributed by atoms with Gasteiger partial charge in [0.1, 0.15) is 0 Å². The first-order valence-corrected chi connectivity index (χ1v) is 14.0. The molecule has 1 aromatic heterocycles. The van der Waals surface area contributed by atoms with Crippen molar-refractivity contribution in [1.29, 1.82) is 0 Å². The summed E-state index contributed by atoms with van der Waals surface area (Å²) < 4.78 is 27.9. The van der Waals surface area contributed by atoms with E-state index in [1.807, 2.05) is 6.92 Å². The molecule has 1 amide bonds. The molecule has 2 aliphatic rings. The number of carbonyl (C=O) groups is 1. The lowest BCUT2D eigenvalue weighted by molar-refractivity contribution is 0.0907. The second-order valence-corrected chi connectivity index (χ2v) is 11.7. The fraction of sp³-hybridized carbons (Fsp3) is 0.542. The van der Waals surface area contributed by atoms with Crippen LogP contribution in [0.2, 0.25) is 0 Å². The highest BCUT2D eigenvalue weighted by molar-refractivity contribution is 7.89. The molecule has 2 atom stereocenters. The van der Waals surface area contributed by atoms with Gasteiger partial charge in [0.25, 0.3) is 5.91 Å². The third-order valence-electron chi connectivity index (χ3n) is 6.50. The number of nitrogens with zero attached hydrogens (tertiary/aromatic N) is 2.